The first-order chi connectivity index (χ1) is 10.9. The minimum Gasteiger partial charge on any atom is -0.481 e. The average Bonchev–Trinajstić information content (AvgIpc) is 2.44. The molecule has 140 valence electrons. The summed E-state index contributed by atoms with van der Waals surface area (Å²) < 4.78 is 4.83. The van der Waals surface area contributed by atoms with E-state index in [2.05, 4.69) is 6.58 Å². The first kappa shape index (κ1) is 22.6. The number of hydrogen-bond acceptors (Lipinski definition) is 4. The van der Waals surface area contributed by atoms with Crippen molar-refractivity contribution >= 4 is 11.9 Å². The van der Waals surface area contributed by atoms with E-state index in [-0.39, 0.29) is 12.1 Å². The van der Waals surface area contributed by atoms with Gasteiger partial charge in [-0.15, -0.1) is 0 Å². The maximum absolute atomic E-state index is 10.9. The number of carbonyl (C=O) groups is 2. The molecule has 1 aliphatic carbocycles. The van der Waals surface area contributed by atoms with Crippen LogP contribution >= 0.6 is 0 Å². The molecule has 0 amide bonds. The molecule has 24 heavy (non-hydrogen) atoms. The molecule has 1 rings (SSSR count). The highest BCUT2D eigenvalue weighted by Crippen LogP contribution is 2.32. The first-order valence-corrected chi connectivity index (χ1v) is 8.64. The molecule has 2 unspecified atom stereocenters. The smallest absolute Gasteiger partial charge is 0.330 e. The van der Waals surface area contributed by atoms with Crippen molar-refractivity contribution in [1.29, 1.82) is 0 Å². The lowest BCUT2D eigenvalue weighted by Gasteiger charge is -2.28. The lowest BCUT2D eigenvalue weighted by Crippen LogP contribution is -2.26. The maximum Gasteiger partial charge on any atom is 0.330 e. The van der Waals surface area contributed by atoms with Gasteiger partial charge in [0.25, 0.3) is 0 Å². The number of aliphatic hydroxyl groups excluding tert-OH is 1. The molecule has 0 spiro atoms. The molecule has 1 aliphatic rings. The Morgan fingerprint density at radius 1 is 1.21 bits per heavy atom. The van der Waals surface area contributed by atoms with Crippen LogP contribution in [-0.2, 0) is 14.3 Å². The summed E-state index contributed by atoms with van der Waals surface area (Å²) in [7, 11) is 0. The summed E-state index contributed by atoms with van der Waals surface area (Å²) in [4.78, 5) is 21.4. The van der Waals surface area contributed by atoms with Crippen LogP contribution in [0.15, 0.2) is 12.7 Å². The van der Waals surface area contributed by atoms with E-state index in [1.807, 2.05) is 20.8 Å². The van der Waals surface area contributed by atoms with Gasteiger partial charge in [0, 0.05) is 6.08 Å². The minimum absolute atomic E-state index is 0.156. The van der Waals surface area contributed by atoms with Crippen LogP contribution < -0.4 is 0 Å². The summed E-state index contributed by atoms with van der Waals surface area (Å²) in [6.45, 7) is 12.3. The van der Waals surface area contributed by atoms with Crippen molar-refractivity contribution in [2.45, 2.75) is 84.8 Å². The SMILES string of the molecule is C=CC(=O)OC(C)(C)C.CC(C)(CCC1CCCC(O)C1)C(=O)O. The third-order valence-corrected chi connectivity index (χ3v) is 4.09. The van der Waals surface area contributed by atoms with Crippen molar-refractivity contribution < 1.29 is 24.5 Å². The Bertz CT molecular complexity index is 420. The van der Waals surface area contributed by atoms with Crippen molar-refractivity contribution in [2.24, 2.45) is 11.3 Å². The number of aliphatic carboxylic acids is 1. The second-order valence-corrected chi connectivity index (χ2v) is 8.15. The lowest BCUT2D eigenvalue weighted by molar-refractivity contribution is -0.149. The Balaban J connectivity index is 0.000000506. The van der Waals surface area contributed by atoms with E-state index in [4.69, 9.17) is 9.84 Å². The highest BCUT2D eigenvalue weighted by Gasteiger charge is 2.29. The quantitative estimate of drug-likeness (QED) is 0.584. The Labute approximate surface area is 146 Å². The maximum atomic E-state index is 10.9. The first-order valence-electron chi connectivity index (χ1n) is 8.64. The van der Waals surface area contributed by atoms with Crippen LogP contribution in [0.3, 0.4) is 0 Å². The van der Waals surface area contributed by atoms with Gasteiger partial charge in [-0.1, -0.05) is 19.4 Å². The summed E-state index contributed by atoms with van der Waals surface area (Å²) in [6, 6.07) is 0. The molecular weight excluding hydrogens is 308 g/mol. The average molecular weight is 342 g/mol. The van der Waals surface area contributed by atoms with Crippen molar-refractivity contribution in [3.05, 3.63) is 12.7 Å². The van der Waals surface area contributed by atoms with Crippen LogP contribution in [-0.4, -0.2) is 33.9 Å². The molecule has 0 saturated heterocycles. The van der Waals surface area contributed by atoms with Gasteiger partial charge in [0.05, 0.1) is 11.5 Å². The largest absolute Gasteiger partial charge is 0.481 e. The van der Waals surface area contributed by atoms with Gasteiger partial charge in [0.2, 0.25) is 0 Å². The predicted molar refractivity (Wildman–Crippen MR) is 94.7 cm³/mol. The number of ether oxygens (including phenoxy) is 1. The molecule has 5 heteroatoms. The van der Waals surface area contributed by atoms with Crippen LogP contribution in [0.4, 0.5) is 0 Å². The Morgan fingerprint density at radius 3 is 2.17 bits per heavy atom. The highest BCUT2D eigenvalue weighted by atomic mass is 16.6. The van der Waals surface area contributed by atoms with Gasteiger partial charge in [0.1, 0.15) is 5.60 Å². The topological polar surface area (TPSA) is 83.8 Å². The zero-order valence-corrected chi connectivity index (χ0v) is 15.8. The van der Waals surface area contributed by atoms with Gasteiger partial charge >= 0.3 is 11.9 Å². The molecule has 0 aromatic rings. The van der Waals surface area contributed by atoms with Crippen molar-refractivity contribution in [1.82, 2.24) is 0 Å². The fourth-order valence-corrected chi connectivity index (χ4v) is 2.54. The molecule has 0 heterocycles. The third-order valence-electron chi connectivity index (χ3n) is 4.09. The summed E-state index contributed by atoms with van der Waals surface area (Å²) in [5.74, 6) is -0.575. The molecule has 0 radical (unpaired) electrons. The second kappa shape index (κ2) is 9.82. The standard InChI is InChI=1S/C12H22O3.C7H12O2/c1-12(2,11(14)15)7-6-9-4-3-5-10(13)8-9;1-5-6(8)9-7(2,3)4/h9-10,13H,3-8H2,1-2H3,(H,14,15);5H,1H2,2-4H3. The summed E-state index contributed by atoms with van der Waals surface area (Å²) >= 11 is 0. The van der Waals surface area contributed by atoms with Crippen molar-refractivity contribution in [2.75, 3.05) is 0 Å². The Morgan fingerprint density at radius 2 is 1.79 bits per heavy atom. The molecule has 1 saturated carbocycles. The number of aliphatic hydroxyl groups is 1. The predicted octanol–water partition coefficient (Wildman–Crippen LogP) is 3.94. The van der Waals surface area contributed by atoms with E-state index in [0.717, 1.165) is 38.2 Å². The van der Waals surface area contributed by atoms with E-state index in [9.17, 15) is 14.7 Å². The third kappa shape index (κ3) is 10.4. The summed E-state index contributed by atoms with van der Waals surface area (Å²) in [6.07, 6.45) is 6.64. The fourth-order valence-electron chi connectivity index (χ4n) is 2.54. The van der Waals surface area contributed by atoms with E-state index < -0.39 is 17.0 Å². The van der Waals surface area contributed by atoms with Crippen LogP contribution in [0, 0.1) is 11.3 Å². The molecule has 0 aliphatic heterocycles. The molecule has 5 nitrogen and oxygen atoms in total. The normalized spacial score (nSPS) is 21.2. The van der Waals surface area contributed by atoms with Crippen LogP contribution in [0.5, 0.6) is 0 Å². The second-order valence-electron chi connectivity index (χ2n) is 8.15. The van der Waals surface area contributed by atoms with Gasteiger partial charge in [-0.25, -0.2) is 4.79 Å². The summed E-state index contributed by atoms with van der Waals surface area (Å²) in [5.41, 5.74) is -1.02. The van der Waals surface area contributed by atoms with Gasteiger partial charge in [-0.05, 0) is 66.2 Å². The van der Waals surface area contributed by atoms with E-state index in [1.54, 1.807) is 13.8 Å². The Kier molecular flexibility index (Phi) is 9.26. The monoisotopic (exact) mass is 342 g/mol. The molecule has 1 fully saturated rings. The molecule has 0 aromatic heterocycles. The molecule has 0 aromatic carbocycles. The van der Waals surface area contributed by atoms with Crippen molar-refractivity contribution in [3.8, 4) is 0 Å². The van der Waals surface area contributed by atoms with E-state index in [1.165, 1.54) is 0 Å². The molecular formula is C19H34O5. The Hall–Kier alpha value is -1.36. The van der Waals surface area contributed by atoms with E-state index in [0.29, 0.717) is 12.3 Å². The molecule has 2 N–H and O–H groups in total. The van der Waals surface area contributed by atoms with Gasteiger partial charge in [-0.2, -0.15) is 0 Å². The van der Waals surface area contributed by atoms with Gasteiger partial charge in [-0.3, -0.25) is 4.79 Å². The number of hydrogen-bond donors (Lipinski definition) is 2. The van der Waals surface area contributed by atoms with Crippen LogP contribution in [0.2, 0.25) is 0 Å². The van der Waals surface area contributed by atoms with E-state index >= 15 is 0 Å². The fraction of sp³-hybridized carbons (Fsp3) is 0.789. The van der Waals surface area contributed by atoms with Gasteiger partial charge < -0.3 is 14.9 Å². The van der Waals surface area contributed by atoms with Crippen LogP contribution in [0.1, 0.15) is 73.1 Å². The molecule has 0 bridgehead atoms. The lowest BCUT2D eigenvalue weighted by atomic mass is 9.79. The zero-order valence-electron chi connectivity index (χ0n) is 15.8. The van der Waals surface area contributed by atoms with Crippen molar-refractivity contribution in [3.63, 3.8) is 0 Å². The number of esters is 1. The number of carboxylic acids is 1. The highest BCUT2D eigenvalue weighted by molar-refractivity contribution is 5.81. The minimum atomic E-state index is -0.723. The number of rotatable bonds is 5. The van der Waals surface area contributed by atoms with Gasteiger partial charge in [0.15, 0.2) is 0 Å². The molecule has 2 atom stereocenters. The summed E-state index contributed by atoms with van der Waals surface area (Å²) in [5, 5.41) is 18.5. The zero-order chi connectivity index (χ0) is 19.0. The van der Waals surface area contributed by atoms with Crippen LogP contribution in [0.25, 0.3) is 0 Å². The number of carbonyl (C=O) groups excluding carboxylic acids is 1. The number of carboxylic acid groups (broad SMARTS) is 1.